The third kappa shape index (κ3) is 9.51. The van der Waals surface area contributed by atoms with Crippen LogP contribution >= 0.6 is 12.4 Å². The van der Waals surface area contributed by atoms with Crippen molar-refractivity contribution in [2.75, 3.05) is 13.1 Å². The molecule has 0 saturated carbocycles. The second-order valence-corrected chi connectivity index (χ2v) is 1.66. The summed E-state index contributed by atoms with van der Waals surface area (Å²) in [5.74, 6) is 0. The molecule has 0 radical (unpaired) electrons. The van der Waals surface area contributed by atoms with E-state index in [-0.39, 0.29) is 18.5 Å². The Labute approximate surface area is 56.7 Å². The molecule has 0 heterocycles. The van der Waals surface area contributed by atoms with Gasteiger partial charge in [-0.1, -0.05) is 6.92 Å². The highest BCUT2D eigenvalue weighted by atomic mass is 35.5. The molecule has 0 aliphatic rings. The fraction of sp³-hybridized carbons (Fsp3) is 1.00. The molecule has 0 amide bonds. The van der Waals surface area contributed by atoms with Crippen LogP contribution in [0.2, 0.25) is 0 Å². The molecule has 0 spiro atoms. The Hall–Kier alpha value is 0.210. The summed E-state index contributed by atoms with van der Waals surface area (Å²) >= 11 is 0. The molecule has 0 aromatic rings. The quantitative estimate of drug-likeness (QED) is 0.594. The molecule has 0 bridgehead atoms. The predicted molar refractivity (Wildman–Crippen MR) is 37.5 cm³/mol. The van der Waals surface area contributed by atoms with E-state index in [2.05, 4.69) is 5.32 Å². The van der Waals surface area contributed by atoms with Crippen LogP contribution in [0.1, 0.15) is 13.8 Å². The topological polar surface area (TPSA) is 32.3 Å². The lowest BCUT2D eigenvalue weighted by molar-refractivity contribution is 0.192. The lowest BCUT2D eigenvalue weighted by Gasteiger charge is -2.01. The summed E-state index contributed by atoms with van der Waals surface area (Å²) in [7, 11) is 0. The Bertz CT molecular complexity index is 41.4. The van der Waals surface area contributed by atoms with E-state index in [9.17, 15) is 0 Å². The molecular weight excluding hydrogens is 126 g/mol. The zero-order valence-corrected chi connectivity index (χ0v) is 6.16. The van der Waals surface area contributed by atoms with Gasteiger partial charge in [-0.25, -0.2) is 0 Å². The molecule has 0 rings (SSSR count). The van der Waals surface area contributed by atoms with Crippen LogP contribution in [0, 0.1) is 0 Å². The van der Waals surface area contributed by atoms with Gasteiger partial charge in [0.1, 0.15) is 0 Å². The highest BCUT2D eigenvalue weighted by molar-refractivity contribution is 5.85. The minimum Gasteiger partial charge on any atom is -0.392 e. The Morgan fingerprint density at radius 2 is 2.12 bits per heavy atom. The normalized spacial score (nSPS) is 12.4. The average Bonchev–Trinajstić information content (AvgIpc) is 1.61. The zero-order valence-electron chi connectivity index (χ0n) is 5.35. The molecule has 3 heteroatoms. The van der Waals surface area contributed by atoms with Crippen LogP contribution in [-0.4, -0.2) is 24.3 Å². The largest absolute Gasteiger partial charge is 0.392 e. The minimum absolute atomic E-state index is 0. The molecule has 2 N–H and O–H groups in total. The average molecular weight is 140 g/mol. The van der Waals surface area contributed by atoms with E-state index in [0.29, 0.717) is 6.54 Å². The summed E-state index contributed by atoms with van der Waals surface area (Å²) in [5, 5.41) is 11.6. The van der Waals surface area contributed by atoms with Crippen molar-refractivity contribution in [1.29, 1.82) is 0 Å². The lowest BCUT2D eigenvalue weighted by atomic mass is 10.4. The number of aliphatic hydroxyl groups is 1. The molecule has 0 unspecified atom stereocenters. The van der Waals surface area contributed by atoms with Gasteiger partial charge in [-0.2, -0.15) is 0 Å². The Morgan fingerprint density at radius 3 is 2.25 bits per heavy atom. The number of nitrogens with one attached hydrogen (secondary N) is 1. The molecule has 8 heavy (non-hydrogen) atoms. The maximum atomic E-state index is 8.62. The van der Waals surface area contributed by atoms with Crippen molar-refractivity contribution in [3.63, 3.8) is 0 Å². The van der Waals surface area contributed by atoms with Gasteiger partial charge in [0.05, 0.1) is 6.10 Å². The van der Waals surface area contributed by atoms with E-state index < -0.39 is 0 Å². The van der Waals surface area contributed by atoms with E-state index >= 15 is 0 Å². The van der Waals surface area contributed by atoms with Crippen molar-refractivity contribution < 1.29 is 5.11 Å². The van der Waals surface area contributed by atoms with Crippen LogP contribution in [0.15, 0.2) is 0 Å². The number of rotatable bonds is 3. The molecule has 0 aliphatic carbocycles. The first kappa shape index (κ1) is 11.1. The summed E-state index contributed by atoms with van der Waals surface area (Å²) in [5.41, 5.74) is 0. The summed E-state index contributed by atoms with van der Waals surface area (Å²) in [6, 6.07) is 0. The van der Waals surface area contributed by atoms with E-state index in [0.717, 1.165) is 6.54 Å². The van der Waals surface area contributed by atoms with Crippen LogP contribution in [0.25, 0.3) is 0 Å². The second kappa shape index (κ2) is 7.21. The Balaban J connectivity index is 0. The van der Waals surface area contributed by atoms with E-state index in [1.54, 1.807) is 6.92 Å². The van der Waals surface area contributed by atoms with Gasteiger partial charge >= 0.3 is 0 Å². The summed E-state index contributed by atoms with van der Waals surface area (Å²) < 4.78 is 0. The van der Waals surface area contributed by atoms with E-state index in [4.69, 9.17) is 5.11 Å². The fourth-order valence-corrected chi connectivity index (χ4v) is 0.353. The Morgan fingerprint density at radius 1 is 1.62 bits per heavy atom. The lowest BCUT2D eigenvalue weighted by Crippen LogP contribution is -2.23. The van der Waals surface area contributed by atoms with Crippen molar-refractivity contribution in [2.45, 2.75) is 20.0 Å². The minimum atomic E-state index is -0.208. The monoisotopic (exact) mass is 139 g/mol. The van der Waals surface area contributed by atoms with Crippen molar-refractivity contribution in [3.05, 3.63) is 0 Å². The first-order valence-electron chi connectivity index (χ1n) is 2.66. The van der Waals surface area contributed by atoms with Gasteiger partial charge in [-0.15, -0.1) is 12.4 Å². The van der Waals surface area contributed by atoms with Gasteiger partial charge < -0.3 is 10.4 Å². The van der Waals surface area contributed by atoms with Gasteiger partial charge in [0.2, 0.25) is 0 Å². The first-order valence-corrected chi connectivity index (χ1v) is 2.66. The van der Waals surface area contributed by atoms with E-state index in [1.165, 1.54) is 0 Å². The van der Waals surface area contributed by atoms with Gasteiger partial charge in [0.15, 0.2) is 0 Å². The first-order chi connectivity index (χ1) is 3.27. The molecule has 0 aliphatic heterocycles. The van der Waals surface area contributed by atoms with Crippen LogP contribution < -0.4 is 5.32 Å². The number of likely N-dealkylation sites (N-methyl/N-ethyl adjacent to an activating group) is 1. The number of aliphatic hydroxyl groups excluding tert-OH is 1. The molecule has 52 valence electrons. The second-order valence-electron chi connectivity index (χ2n) is 1.66. The number of hydrogen-bond acceptors (Lipinski definition) is 2. The summed E-state index contributed by atoms with van der Waals surface area (Å²) in [6.07, 6.45) is -0.208. The highest BCUT2D eigenvalue weighted by Gasteiger charge is 1.88. The van der Waals surface area contributed by atoms with Gasteiger partial charge in [-0.3, -0.25) is 0 Å². The van der Waals surface area contributed by atoms with Gasteiger partial charge in [0.25, 0.3) is 0 Å². The van der Waals surface area contributed by atoms with Crippen LogP contribution in [0.3, 0.4) is 0 Å². The fourth-order valence-electron chi connectivity index (χ4n) is 0.353. The van der Waals surface area contributed by atoms with Gasteiger partial charge in [-0.05, 0) is 13.5 Å². The maximum absolute atomic E-state index is 8.62. The third-order valence-corrected chi connectivity index (χ3v) is 0.690. The van der Waals surface area contributed by atoms with Gasteiger partial charge in [0, 0.05) is 6.54 Å². The zero-order chi connectivity index (χ0) is 5.70. The van der Waals surface area contributed by atoms with Crippen LogP contribution in [-0.2, 0) is 0 Å². The molecular formula is C5H14ClNO. The van der Waals surface area contributed by atoms with Crippen molar-refractivity contribution in [1.82, 2.24) is 5.32 Å². The predicted octanol–water partition coefficient (Wildman–Crippen LogP) is 0.398. The highest BCUT2D eigenvalue weighted by Crippen LogP contribution is 1.71. The smallest absolute Gasteiger partial charge is 0.0636 e. The SMILES string of the molecule is CCNC[C@H](C)O.Cl. The maximum Gasteiger partial charge on any atom is 0.0636 e. The van der Waals surface area contributed by atoms with Crippen molar-refractivity contribution in [3.8, 4) is 0 Å². The molecule has 0 fully saturated rings. The standard InChI is InChI=1S/C5H13NO.ClH/c1-3-6-4-5(2)7;/h5-7H,3-4H2,1-2H3;1H/t5-;/m0./s1. The van der Waals surface area contributed by atoms with Crippen LogP contribution in [0.5, 0.6) is 0 Å². The molecule has 2 nitrogen and oxygen atoms in total. The molecule has 0 saturated heterocycles. The van der Waals surface area contributed by atoms with Crippen LogP contribution in [0.4, 0.5) is 0 Å². The van der Waals surface area contributed by atoms with Crippen molar-refractivity contribution in [2.24, 2.45) is 0 Å². The summed E-state index contributed by atoms with van der Waals surface area (Å²) in [6.45, 7) is 5.42. The third-order valence-electron chi connectivity index (χ3n) is 0.690. The summed E-state index contributed by atoms with van der Waals surface area (Å²) in [4.78, 5) is 0. The molecule has 0 aromatic carbocycles. The number of hydrogen-bond donors (Lipinski definition) is 2. The molecule has 1 atom stereocenters. The Kier molecular flexibility index (Phi) is 9.97. The van der Waals surface area contributed by atoms with Crippen molar-refractivity contribution >= 4 is 12.4 Å². The molecule has 0 aromatic heterocycles. The van der Waals surface area contributed by atoms with E-state index in [1.807, 2.05) is 6.92 Å². The number of halogens is 1.